The molecular formula is C19H18FN3OS. The third kappa shape index (κ3) is 4.14. The van der Waals surface area contributed by atoms with Crippen molar-refractivity contribution in [2.24, 2.45) is 0 Å². The normalized spacial score (nSPS) is 12.1. The predicted octanol–water partition coefficient (Wildman–Crippen LogP) is 4.54. The zero-order chi connectivity index (χ0) is 17.8. The summed E-state index contributed by atoms with van der Waals surface area (Å²) < 4.78 is 13.0. The maximum absolute atomic E-state index is 13.0. The molecule has 0 amide bonds. The van der Waals surface area contributed by atoms with Crippen LogP contribution in [0, 0.1) is 5.82 Å². The molecular weight excluding hydrogens is 337 g/mol. The first-order valence-electron chi connectivity index (χ1n) is 8.05. The zero-order valence-electron chi connectivity index (χ0n) is 14.0. The lowest BCUT2D eigenvalue weighted by Gasteiger charge is -2.07. The van der Waals surface area contributed by atoms with E-state index in [1.54, 1.807) is 6.92 Å². The van der Waals surface area contributed by atoms with E-state index >= 15 is 0 Å². The summed E-state index contributed by atoms with van der Waals surface area (Å²) in [5.74, 6) is 0.236. The van der Waals surface area contributed by atoms with Gasteiger partial charge in [0.2, 0.25) is 5.16 Å². The minimum Gasteiger partial charge on any atom is -0.293 e. The van der Waals surface area contributed by atoms with E-state index in [9.17, 15) is 9.18 Å². The number of hydrogen-bond donors (Lipinski definition) is 1. The molecule has 0 saturated carbocycles. The quantitative estimate of drug-likeness (QED) is 0.521. The van der Waals surface area contributed by atoms with Crippen LogP contribution in [0.3, 0.4) is 0 Å². The molecule has 0 fully saturated rings. The minimum absolute atomic E-state index is 0.0800. The topological polar surface area (TPSA) is 58.6 Å². The second-order valence-corrected chi connectivity index (χ2v) is 6.96. The van der Waals surface area contributed by atoms with Gasteiger partial charge in [0, 0.05) is 11.1 Å². The van der Waals surface area contributed by atoms with Gasteiger partial charge in [-0.1, -0.05) is 43.0 Å². The van der Waals surface area contributed by atoms with Gasteiger partial charge in [0.15, 0.2) is 11.6 Å². The molecule has 128 valence electrons. The Morgan fingerprint density at radius 3 is 2.48 bits per heavy atom. The van der Waals surface area contributed by atoms with Crippen LogP contribution in [0.25, 0.3) is 11.4 Å². The van der Waals surface area contributed by atoms with Gasteiger partial charge in [-0.2, -0.15) is 0 Å². The molecule has 2 aromatic carbocycles. The summed E-state index contributed by atoms with van der Waals surface area (Å²) >= 11 is 1.28. The second kappa shape index (κ2) is 7.61. The highest BCUT2D eigenvalue weighted by molar-refractivity contribution is 8.00. The summed E-state index contributed by atoms with van der Waals surface area (Å²) in [6.07, 6.45) is 0.987. The van der Waals surface area contributed by atoms with Gasteiger partial charge in [-0.05, 0) is 43.2 Å². The summed E-state index contributed by atoms with van der Waals surface area (Å²) in [5.41, 5.74) is 2.69. The van der Waals surface area contributed by atoms with Gasteiger partial charge in [-0.25, -0.2) is 9.37 Å². The molecule has 0 aliphatic heterocycles. The molecule has 1 N–H and O–H groups in total. The zero-order valence-corrected chi connectivity index (χ0v) is 14.8. The molecule has 1 aromatic heterocycles. The van der Waals surface area contributed by atoms with Crippen molar-refractivity contribution in [2.45, 2.75) is 30.7 Å². The summed E-state index contributed by atoms with van der Waals surface area (Å²) in [6, 6.07) is 13.7. The van der Waals surface area contributed by atoms with Gasteiger partial charge in [0.25, 0.3) is 0 Å². The molecule has 1 atom stereocenters. The number of aromatic amines is 1. The third-order valence-electron chi connectivity index (χ3n) is 3.88. The number of ketones is 1. The maximum atomic E-state index is 13.0. The molecule has 1 unspecified atom stereocenters. The highest BCUT2D eigenvalue weighted by Gasteiger charge is 2.19. The number of nitrogens with one attached hydrogen (secondary N) is 1. The Balaban J connectivity index is 1.69. The van der Waals surface area contributed by atoms with Crippen molar-refractivity contribution in [3.63, 3.8) is 0 Å². The fourth-order valence-corrected chi connectivity index (χ4v) is 3.19. The van der Waals surface area contributed by atoms with Crippen LogP contribution in [0.15, 0.2) is 53.7 Å². The summed E-state index contributed by atoms with van der Waals surface area (Å²) in [5, 5.41) is 7.24. The van der Waals surface area contributed by atoms with Crippen molar-refractivity contribution in [1.82, 2.24) is 15.2 Å². The molecule has 1 heterocycles. The van der Waals surface area contributed by atoms with Crippen molar-refractivity contribution in [1.29, 1.82) is 0 Å². The van der Waals surface area contributed by atoms with Crippen LogP contribution in [-0.4, -0.2) is 26.2 Å². The molecule has 4 nitrogen and oxygen atoms in total. The van der Waals surface area contributed by atoms with E-state index < -0.39 is 0 Å². The van der Waals surface area contributed by atoms with Crippen molar-refractivity contribution >= 4 is 17.5 Å². The highest BCUT2D eigenvalue weighted by atomic mass is 32.2. The van der Waals surface area contributed by atoms with Gasteiger partial charge < -0.3 is 0 Å². The standard InChI is InChI=1S/C19H18FN3OS/c1-3-13-4-6-15(7-5-13)18-21-19(23-22-18)25-12(2)17(24)14-8-10-16(20)11-9-14/h4-12H,3H2,1-2H3,(H,21,22,23). The van der Waals surface area contributed by atoms with E-state index in [1.165, 1.54) is 41.6 Å². The van der Waals surface area contributed by atoms with Gasteiger partial charge in [0.05, 0.1) is 5.25 Å². The van der Waals surface area contributed by atoms with Gasteiger partial charge in [-0.3, -0.25) is 9.89 Å². The lowest BCUT2D eigenvalue weighted by molar-refractivity contribution is 0.0994. The van der Waals surface area contributed by atoms with E-state index in [1.807, 2.05) is 12.1 Å². The van der Waals surface area contributed by atoms with Crippen LogP contribution >= 0.6 is 11.8 Å². The van der Waals surface area contributed by atoms with E-state index in [0.717, 1.165) is 12.0 Å². The molecule has 0 aliphatic rings. The Morgan fingerprint density at radius 1 is 1.16 bits per heavy atom. The van der Waals surface area contributed by atoms with E-state index in [0.29, 0.717) is 16.5 Å². The largest absolute Gasteiger partial charge is 0.293 e. The monoisotopic (exact) mass is 355 g/mol. The van der Waals surface area contributed by atoms with Gasteiger partial charge >= 0.3 is 0 Å². The van der Waals surface area contributed by atoms with E-state index in [-0.39, 0.29) is 16.9 Å². The van der Waals surface area contributed by atoms with Crippen LogP contribution in [0.4, 0.5) is 4.39 Å². The average molecular weight is 355 g/mol. The number of rotatable bonds is 6. The predicted molar refractivity (Wildman–Crippen MR) is 97.2 cm³/mol. The van der Waals surface area contributed by atoms with E-state index in [4.69, 9.17) is 0 Å². The molecule has 0 bridgehead atoms. The lowest BCUT2D eigenvalue weighted by atomic mass is 10.1. The van der Waals surface area contributed by atoms with E-state index in [2.05, 4.69) is 34.2 Å². The van der Waals surface area contributed by atoms with Crippen molar-refractivity contribution in [2.75, 3.05) is 0 Å². The molecule has 3 aromatic rings. The summed E-state index contributed by atoms with van der Waals surface area (Å²) in [6.45, 7) is 3.90. The summed E-state index contributed by atoms with van der Waals surface area (Å²) in [7, 11) is 0. The highest BCUT2D eigenvalue weighted by Crippen LogP contribution is 2.25. The molecule has 0 radical (unpaired) electrons. The van der Waals surface area contributed by atoms with Crippen LogP contribution < -0.4 is 0 Å². The fourth-order valence-electron chi connectivity index (χ4n) is 2.39. The summed E-state index contributed by atoms with van der Waals surface area (Å²) in [4.78, 5) is 16.8. The number of aryl methyl sites for hydroxylation is 1. The number of thioether (sulfide) groups is 1. The van der Waals surface area contributed by atoms with Gasteiger partial charge in [-0.15, -0.1) is 5.10 Å². The lowest BCUT2D eigenvalue weighted by Crippen LogP contribution is -2.13. The van der Waals surface area contributed by atoms with Gasteiger partial charge in [0.1, 0.15) is 5.82 Å². The number of benzene rings is 2. The second-order valence-electron chi connectivity index (χ2n) is 5.65. The van der Waals surface area contributed by atoms with Crippen LogP contribution in [0.1, 0.15) is 29.8 Å². The maximum Gasteiger partial charge on any atom is 0.209 e. The molecule has 25 heavy (non-hydrogen) atoms. The number of carbonyl (C=O) groups excluding carboxylic acids is 1. The number of hydrogen-bond acceptors (Lipinski definition) is 4. The number of nitrogens with zero attached hydrogens (tertiary/aromatic N) is 2. The first-order valence-corrected chi connectivity index (χ1v) is 8.93. The molecule has 3 rings (SSSR count). The first-order chi connectivity index (χ1) is 12.1. The molecule has 0 aliphatic carbocycles. The molecule has 0 spiro atoms. The Morgan fingerprint density at radius 2 is 1.84 bits per heavy atom. The minimum atomic E-state index is -0.364. The fraction of sp³-hybridized carbons (Fsp3) is 0.211. The number of Topliss-reactive ketones (excluding diaryl/α,β-unsaturated/α-hetero) is 1. The Kier molecular flexibility index (Phi) is 5.28. The number of aromatic nitrogens is 3. The Hall–Kier alpha value is -2.47. The average Bonchev–Trinajstić information content (AvgIpc) is 3.10. The third-order valence-corrected chi connectivity index (χ3v) is 4.84. The SMILES string of the molecule is CCc1ccc(-c2nc(SC(C)C(=O)c3ccc(F)cc3)n[nH]2)cc1. The number of H-pyrrole nitrogens is 1. The van der Waals surface area contributed by atoms with Crippen molar-refractivity contribution in [3.8, 4) is 11.4 Å². The van der Waals surface area contributed by atoms with Crippen LogP contribution in [0.2, 0.25) is 0 Å². The number of carbonyl (C=O) groups is 1. The Labute approximate surface area is 149 Å². The molecule has 0 saturated heterocycles. The smallest absolute Gasteiger partial charge is 0.209 e. The first kappa shape index (κ1) is 17.4. The van der Waals surface area contributed by atoms with Crippen LogP contribution in [-0.2, 0) is 6.42 Å². The van der Waals surface area contributed by atoms with Crippen LogP contribution in [0.5, 0.6) is 0 Å². The Bertz CT molecular complexity index is 859. The number of halogens is 1. The van der Waals surface area contributed by atoms with Crippen molar-refractivity contribution in [3.05, 3.63) is 65.5 Å². The van der Waals surface area contributed by atoms with Crippen molar-refractivity contribution < 1.29 is 9.18 Å². The molecule has 6 heteroatoms.